The first-order chi connectivity index (χ1) is 11.0. The minimum absolute atomic E-state index is 0.138. The van der Waals surface area contributed by atoms with Crippen molar-refractivity contribution >= 4 is 17.5 Å². The van der Waals surface area contributed by atoms with Gasteiger partial charge in [0, 0.05) is 29.9 Å². The third kappa shape index (κ3) is 4.17. The Morgan fingerprint density at radius 2 is 1.74 bits per heavy atom. The Balaban J connectivity index is 2.19. The number of aliphatic hydroxyl groups excluding tert-OH is 1. The maximum atomic E-state index is 12.6. The lowest BCUT2D eigenvalue weighted by atomic mass is 10.1. The summed E-state index contributed by atoms with van der Waals surface area (Å²) in [6, 6.07) is 15.5. The molecule has 1 atom stereocenters. The number of carbonyl (C=O) groups excluding carboxylic acids is 2. The number of aliphatic hydroxyl groups is 1. The quantitative estimate of drug-likeness (QED) is 0.888. The topological polar surface area (TPSA) is 69.6 Å². The number of nitrogens with one attached hydrogen (secondary N) is 1. The van der Waals surface area contributed by atoms with Gasteiger partial charge in [0.05, 0.1) is 6.61 Å². The summed E-state index contributed by atoms with van der Waals surface area (Å²) in [6.45, 7) is 1.57. The van der Waals surface area contributed by atoms with Gasteiger partial charge in [0.2, 0.25) is 0 Å². The van der Waals surface area contributed by atoms with Gasteiger partial charge in [-0.05, 0) is 37.3 Å². The Hall–Kier alpha value is -2.66. The van der Waals surface area contributed by atoms with Crippen LogP contribution in [0.15, 0.2) is 54.6 Å². The van der Waals surface area contributed by atoms with E-state index in [-0.39, 0.29) is 24.5 Å². The van der Waals surface area contributed by atoms with Gasteiger partial charge in [0.1, 0.15) is 0 Å². The van der Waals surface area contributed by atoms with Gasteiger partial charge in [-0.3, -0.25) is 9.59 Å². The van der Waals surface area contributed by atoms with E-state index >= 15 is 0 Å². The van der Waals surface area contributed by atoms with Crippen LogP contribution in [0.25, 0.3) is 0 Å². The second kappa shape index (κ2) is 7.56. The summed E-state index contributed by atoms with van der Waals surface area (Å²) in [5.41, 5.74) is 1.60. The summed E-state index contributed by atoms with van der Waals surface area (Å²) in [4.78, 5) is 26.2. The van der Waals surface area contributed by atoms with E-state index in [9.17, 15) is 9.59 Å². The molecule has 1 unspecified atom stereocenters. The molecule has 120 valence electrons. The molecule has 23 heavy (non-hydrogen) atoms. The molecule has 0 aliphatic carbocycles. The molecule has 0 heterocycles. The molecule has 5 nitrogen and oxygen atoms in total. The van der Waals surface area contributed by atoms with Crippen LogP contribution in [0.1, 0.15) is 27.6 Å². The molecule has 2 aromatic carbocycles. The fourth-order valence-electron chi connectivity index (χ4n) is 2.11. The fraction of sp³-hybridized carbons (Fsp3) is 0.222. The lowest BCUT2D eigenvalue weighted by molar-refractivity contribution is 0.0922. The molecule has 2 rings (SSSR count). The Kier molecular flexibility index (Phi) is 5.49. The number of amides is 2. The van der Waals surface area contributed by atoms with Crippen LogP contribution in [0.5, 0.6) is 0 Å². The van der Waals surface area contributed by atoms with Crippen molar-refractivity contribution in [1.29, 1.82) is 0 Å². The van der Waals surface area contributed by atoms with Crippen molar-refractivity contribution in [2.24, 2.45) is 0 Å². The van der Waals surface area contributed by atoms with E-state index in [2.05, 4.69) is 5.32 Å². The summed E-state index contributed by atoms with van der Waals surface area (Å²) < 4.78 is 0. The maximum absolute atomic E-state index is 12.6. The van der Waals surface area contributed by atoms with E-state index in [1.165, 1.54) is 4.90 Å². The highest BCUT2D eigenvalue weighted by Crippen LogP contribution is 2.15. The Morgan fingerprint density at radius 3 is 2.39 bits per heavy atom. The summed E-state index contributed by atoms with van der Waals surface area (Å²) in [6.07, 6.45) is 0. The zero-order valence-corrected chi connectivity index (χ0v) is 13.2. The van der Waals surface area contributed by atoms with Crippen LogP contribution in [0.4, 0.5) is 5.69 Å². The van der Waals surface area contributed by atoms with Crippen LogP contribution < -0.4 is 10.2 Å². The summed E-state index contributed by atoms with van der Waals surface area (Å²) in [7, 11) is 1.69. The van der Waals surface area contributed by atoms with Crippen molar-refractivity contribution in [3.63, 3.8) is 0 Å². The first-order valence-electron chi connectivity index (χ1n) is 7.38. The van der Waals surface area contributed by atoms with Gasteiger partial charge >= 0.3 is 0 Å². The maximum Gasteiger partial charge on any atom is 0.258 e. The number of rotatable bonds is 5. The standard InChI is InChI=1S/C18H20N2O3/c1-13(12-21)19-17(22)14-7-6-8-15(11-14)18(23)20(2)16-9-4-3-5-10-16/h3-11,13,21H,12H2,1-2H3,(H,19,22). The van der Waals surface area contributed by atoms with Gasteiger partial charge in [-0.2, -0.15) is 0 Å². The van der Waals surface area contributed by atoms with Crippen molar-refractivity contribution in [2.45, 2.75) is 13.0 Å². The first-order valence-corrected chi connectivity index (χ1v) is 7.38. The largest absolute Gasteiger partial charge is 0.394 e. The molecule has 0 fully saturated rings. The fourth-order valence-corrected chi connectivity index (χ4v) is 2.11. The molecule has 0 radical (unpaired) electrons. The molecule has 0 spiro atoms. The van der Waals surface area contributed by atoms with Gasteiger partial charge in [-0.25, -0.2) is 0 Å². The predicted octanol–water partition coefficient (Wildman–Crippen LogP) is 2.07. The molecule has 5 heteroatoms. The van der Waals surface area contributed by atoms with Gasteiger partial charge < -0.3 is 15.3 Å². The number of para-hydroxylation sites is 1. The molecule has 2 amide bonds. The number of hydrogen-bond acceptors (Lipinski definition) is 3. The lowest BCUT2D eigenvalue weighted by Crippen LogP contribution is -2.35. The van der Waals surface area contributed by atoms with E-state index in [1.54, 1.807) is 38.2 Å². The lowest BCUT2D eigenvalue weighted by Gasteiger charge is -2.18. The van der Waals surface area contributed by atoms with E-state index in [0.29, 0.717) is 11.1 Å². The zero-order chi connectivity index (χ0) is 16.8. The van der Waals surface area contributed by atoms with Crippen LogP contribution in [0, 0.1) is 0 Å². The van der Waals surface area contributed by atoms with Crippen LogP contribution in [0.3, 0.4) is 0 Å². The van der Waals surface area contributed by atoms with Crippen LogP contribution in [-0.2, 0) is 0 Å². The average molecular weight is 312 g/mol. The molecule has 0 aliphatic heterocycles. The minimum atomic E-state index is -0.339. The normalized spacial score (nSPS) is 11.6. The molecule has 0 bridgehead atoms. The summed E-state index contributed by atoms with van der Waals surface area (Å²) >= 11 is 0. The predicted molar refractivity (Wildman–Crippen MR) is 89.6 cm³/mol. The second-order valence-electron chi connectivity index (χ2n) is 5.34. The van der Waals surface area contributed by atoms with Gasteiger partial charge in [0.25, 0.3) is 11.8 Å². The summed E-state index contributed by atoms with van der Waals surface area (Å²) in [5, 5.41) is 11.7. The molecular formula is C18H20N2O3. The molecule has 0 saturated heterocycles. The highest BCUT2D eigenvalue weighted by atomic mass is 16.3. The van der Waals surface area contributed by atoms with Gasteiger partial charge in [-0.1, -0.05) is 24.3 Å². The third-order valence-corrected chi connectivity index (χ3v) is 3.47. The number of benzene rings is 2. The van der Waals surface area contributed by atoms with Crippen LogP contribution in [0.2, 0.25) is 0 Å². The minimum Gasteiger partial charge on any atom is -0.394 e. The van der Waals surface area contributed by atoms with Crippen molar-refractivity contribution in [2.75, 3.05) is 18.6 Å². The molecule has 2 N–H and O–H groups in total. The van der Waals surface area contributed by atoms with E-state index < -0.39 is 0 Å². The molecular weight excluding hydrogens is 292 g/mol. The third-order valence-electron chi connectivity index (χ3n) is 3.47. The molecule has 2 aromatic rings. The van der Waals surface area contributed by atoms with Crippen molar-refractivity contribution < 1.29 is 14.7 Å². The molecule has 0 aliphatic rings. The Labute approximate surface area is 135 Å². The van der Waals surface area contributed by atoms with E-state index in [1.807, 2.05) is 30.3 Å². The van der Waals surface area contributed by atoms with Crippen LogP contribution in [-0.4, -0.2) is 36.6 Å². The monoisotopic (exact) mass is 312 g/mol. The van der Waals surface area contributed by atoms with Gasteiger partial charge in [0.15, 0.2) is 0 Å². The second-order valence-corrected chi connectivity index (χ2v) is 5.34. The van der Waals surface area contributed by atoms with Crippen molar-refractivity contribution in [3.8, 4) is 0 Å². The zero-order valence-electron chi connectivity index (χ0n) is 13.2. The number of hydrogen-bond donors (Lipinski definition) is 2. The van der Waals surface area contributed by atoms with Gasteiger partial charge in [-0.15, -0.1) is 0 Å². The Morgan fingerprint density at radius 1 is 1.09 bits per heavy atom. The number of carbonyl (C=O) groups is 2. The van der Waals surface area contributed by atoms with E-state index in [0.717, 1.165) is 5.69 Å². The van der Waals surface area contributed by atoms with E-state index in [4.69, 9.17) is 5.11 Å². The van der Waals surface area contributed by atoms with Crippen molar-refractivity contribution in [1.82, 2.24) is 5.32 Å². The molecule has 0 aromatic heterocycles. The number of nitrogens with zero attached hydrogens (tertiary/aromatic N) is 1. The van der Waals surface area contributed by atoms with Crippen molar-refractivity contribution in [3.05, 3.63) is 65.7 Å². The average Bonchev–Trinajstić information content (AvgIpc) is 2.61. The smallest absolute Gasteiger partial charge is 0.258 e. The SMILES string of the molecule is CC(CO)NC(=O)c1cccc(C(=O)N(C)c2ccccc2)c1. The highest BCUT2D eigenvalue weighted by molar-refractivity contribution is 6.07. The van der Waals surface area contributed by atoms with Crippen LogP contribution >= 0.6 is 0 Å². The Bertz CT molecular complexity index is 686. The molecule has 0 saturated carbocycles. The summed E-state index contributed by atoms with van der Waals surface area (Å²) in [5.74, 6) is -0.510. The highest BCUT2D eigenvalue weighted by Gasteiger charge is 2.16. The first kappa shape index (κ1) is 16.7. The number of anilines is 1.